The topological polar surface area (TPSA) is 53.6 Å². The molecule has 3 aliphatic carbocycles. The molecule has 2 N–H and O–H groups in total. The number of ether oxygens (including phenoxy) is 1. The summed E-state index contributed by atoms with van der Waals surface area (Å²) in [6, 6.07) is 0.616. The van der Waals surface area contributed by atoms with Crippen molar-refractivity contribution in [2.75, 3.05) is 19.7 Å². The van der Waals surface area contributed by atoms with Crippen LogP contribution in [-0.2, 0) is 9.53 Å². The summed E-state index contributed by atoms with van der Waals surface area (Å²) in [5.74, 6) is 1.72. The Balaban J connectivity index is 1.26. The van der Waals surface area contributed by atoms with Gasteiger partial charge in [-0.25, -0.2) is 0 Å². The second kappa shape index (κ2) is 14.5. The highest BCUT2D eigenvalue weighted by atomic mass is 32.2. The van der Waals surface area contributed by atoms with Gasteiger partial charge < -0.3 is 9.64 Å². The van der Waals surface area contributed by atoms with Crippen LogP contribution in [0.3, 0.4) is 0 Å². The zero-order chi connectivity index (χ0) is 26.2. The maximum Gasteiger partial charge on any atom is 0.248 e. The van der Waals surface area contributed by atoms with E-state index in [1.807, 2.05) is 0 Å². The van der Waals surface area contributed by atoms with Crippen LogP contribution in [0.4, 0.5) is 0 Å². The molecule has 3 saturated carbocycles. The largest absolute Gasteiger partial charge is 0.368 e. The van der Waals surface area contributed by atoms with Crippen LogP contribution in [0.15, 0.2) is 0 Å². The first-order chi connectivity index (χ1) is 18.6. The molecular weight excluding hydrogens is 490 g/mol. The Morgan fingerprint density at radius 2 is 1.50 bits per heavy atom. The van der Waals surface area contributed by atoms with Gasteiger partial charge in [0.25, 0.3) is 0 Å². The van der Waals surface area contributed by atoms with Gasteiger partial charge in [-0.2, -0.15) is 0 Å². The lowest BCUT2D eigenvalue weighted by Gasteiger charge is -2.38. The Kier molecular flexibility index (Phi) is 11.2. The van der Waals surface area contributed by atoms with Crippen molar-refractivity contribution in [3.05, 3.63) is 0 Å². The quantitative estimate of drug-likeness (QED) is 0.360. The highest BCUT2D eigenvalue weighted by Crippen LogP contribution is 2.51. The van der Waals surface area contributed by atoms with Gasteiger partial charge in [0, 0.05) is 29.1 Å². The highest BCUT2D eigenvalue weighted by molar-refractivity contribution is 8.01. The number of nitrogens with one attached hydrogen (secondary N) is 2. The minimum atomic E-state index is 0.245. The fraction of sp³-hybridized carbons (Fsp3) is 0.969. The summed E-state index contributed by atoms with van der Waals surface area (Å²) in [5, 5.41) is 0.576. The second-order valence-corrected chi connectivity index (χ2v) is 15.5. The SMILES string of the molecule is CC1CCC(OCC(=O)N(CC2CCC3(CCCCCCC3)S2)C2CNNC2C2CCCCCCC2)CC1. The predicted molar refractivity (Wildman–Crippen MR) is 159 cm³/mol. The number of amides is 1. The molecule has 0 aromatic heterocycles. The van der Waals surface area contributed by atoms with Gasteiger partial charge in [-0.3, -0.25) is 15.6 Å². The molecule has 1 amide bonds. The maximum atomic E-state index is 14.0. The molecule has 3 atom stereocenters. The van der Waals surface area contributed by atoms with Gasteiger partial charge in [0.05, 0.1) is 12.1 Å². The summed E-state index contributed by atoms with van der Waals surface area (Å²) < 4.78 is 6.80. The van der Waals surface area contributed by atoms with Crippen LogP contribution in [0.5, 0.6) is 0 Å². The van der Waals surface area contributed by atoms with E-state index < -0.39 is 0 Å². The van der Waals surface area contributed by atoms with E-state index >= 15 is 0 Å². The number of nitrogens with zero attached hydrogens (tertiary/aromatic N) is 1. The van der Waals surface area contributed by atoms with Crippen molar-refractivity contribution in [1.29, 1.82) is 0 Å². The molecule has 5 rings (SSSR count). The Bertz CT molecular complexity index is 711. The number of carbonyl (C=O) groups is 1. The standard InChI is InChI=1S/C32H57N3O2S/c1-25-14-16-27(17-15-25)37-24-30(36)35(23-28-18-21-32(38-28)19-10-6-3-7-11-20-32)29-22-33-34-31(29)26-12-8-4-2-5-9-13-26/h25-29,31,33-34H,2-24H2,1H3. The van der Waals surface area contributed by atoms with E-state index in [9.17, 15) is 4.79 Å². The van der Waals surface area contributed by atoms with E-state index in [1.54, 1.807) is 0 Å². The van der Waals surface area contributed by atoms with Crippen molar-refractivity contribution in [3.63, 3.8) is 0 Å². The third kappa shape index (κ3) is 7.91. The van der Waals surface area contributed by atoms with E-state index in [1.165, 1.54) is 116 Å². The van der Waals surface area contributed by atoms with Crippen LogP contribution in [0.2, 0.25) is 0 Å². The number of hydrazine groups is 1. The average Bonchev–Trinajstić information content (AvgIpc) is 3.52. The summed E-state index contributed by atoms with van der Waals surface area (Å²) in [5.41, 5.74) is 7.18. The van der Waals surface area contributed by atoms with Crippen molar-refractivity contribution in [1.82, 2.24) is 15.8 Å². The van der Waals surface area contributed by atoms with Gasteiger partial charge in [0.2, 0.25) is 5.91 Å². The fourth-order valence-electron chi connectivity index (χ4n) is 8.34. The van der Waals surface area contributed by atoms with Crippen LogP contribution in [0.1, 0.15) is 135 Å². The van der Waals surface area contributed by atoms with Crippen molar-refractivity contribution in [2.45, 2.75) is 164 Å². The molecular formula is C32H57N3O2S. The van der Waals surface area contributed by atoms with Gasteiger partial charge in [0.15, 0.2) is 0 Å². The number of rotatable bonds is 7. The molecule has 1 spiro atoms. The Morgan fingerprint density at radius 3 is 2.21 bits per heavy atom. The summed E-state index contributed by atoms with van der Waals surface area (Å²) in [7, 11) is 0. The molecule has 2 heterocycles. The first-order valence-corrected chi connectivity index (χ1v) is 17.6. The predicted octanol–water partition coefficient (Wildman–Crippen LogP) is 6.99. The molecule has 2 saturated heterocycles. The van der Waals surface area contributed by atoms with Crippen molar-refractivity contribution < 1.29 is 9.53 Å². The first kappa shape index (κ1) is 29.2. The number of hydrogen-bond acceptors (Lipinski definition) is 5. The van der Waals surface area contributed by atoms with Gasteiger partial charge in [-0.05, 0) is 76.0 Å². The molecule has 0 radical (unpaired) electrons. The minimum absolute atomic E-state index is 0.245. The molecule has 0 aromatic rings. The van der Waals surface area contributed by atoms with E-state index in [2.05, 4.69) is 34.4 Å². The first-order valence-electron chi connectivity index (χ1n) is 16.7. The van der Waals surface area contributed by atoms with Gasteiger partial charge in [-0.15, -0.1) is 11.8 Å². The van der Waals surface area contributed by atoms with Crippen LogP contribution < -0.4 is 10.9 Å². The van der Waals surface area contributed by atoms with E-state index in [0.29, 0.717) is 22.0 Å². The van der Waals surface area contributed by atoms with Crippen LogP contribution >= 0.6 is 11.8 Å². The van der Waals surface area contributed by atoms with Crippen LogP contribution in [0.25, 0.3) is 0 Å². The molecule has 0 aromatic carbocycles. The Labute approximate surface area is 237 Å². The Hall–Kier alpha value is -0.300. The highest BCUT2D eigenvalue weighted by Gasteiger charge is 2.44. The van der Waals surface area contributed by atoms with E-state index in [0.717, 1.165) is 31.8 Å². The third-order valence-electron chi connectivity index (χ3n) is 10.8. The molecule has 5 aliphatic rings. The lowest BCUT2D eigenvalue weighted by Crippen LogP contribution is -2.54. The summed E-state index contributed by atoms with van der Waals surface area (Å²) >= 11 is 2.27. The monoisotopic (exact) mass is 547 g/mol. The number of carbonyl (C=O) groups excluding carboxylic acids is 1. The molecule has 3 unspecified atom stereocenters. The zero-order valence-corrected chi connectivity index (χ0v) is 25.2. The summed E-state index contributed by atoms with van der Waals surface area (Å²) in [6.07, 6.45) is 26.9. The average molecular weight is 548 g/mol. The molecule has 6 heteroatoms. The van der Waals surface area contributed by atoms with Crippen LogP contribution in [-0.4, -0.2) is 58.7 Å². The molecule has 2 aliphatic heterocycles. The summed E-state index contributed by atoms with van der Waals surface area (Å²) in [6.45, 7) is 4.40. The minimum Gasteiger partial charge on any atom is -0.368 e. The molecule has 5 fully saturated rings. The molecule has 5 nitrogen and oxygen atoms in total. The molecule has 0 bridgehead atoms. The van der Waals surface area contributed by atoms with E-state index in [-0.39, 0.29) is 24.7 Å². The second-order valence-electron chi connectivity index (χ2n) is 13.7. The van der Waals surface area contributed by atoms with Crippen molar-refractivity contribution in [3.8, 4) is 0 Å². The van der Waals surface area contributed by atoms with Gasteiger partial charge in [0.1, 0.15) is 6.61 Å². The van der Waals surface area contributed by atoms with Crippen LogP contribution in [0, 0.1) is 11.8 Å². The fourth-order valence-corrected chi connectivity index (χ4v) is 10.3. The van der Waals surface area contributed by atoms with Crippen molar-refractivity contribution >= 4 is 17.7 Å². The van der Waals surface area contributed by atoms with Gasteiger partial charge in [-0.1, -0.05) is 71.1 Å². The normalized spacial score (nSPS) is 35.3. The zero-order valence-electron chi connectivity index (χ0n) is 24.4. The number of thioether (sulfide) groups is 1. The van der Waals surface area contributed by atoms with Crippen molar-refractivity contribution in [2.24, 2.45) is 11.8 Å². The molecule has 38 heavy (non-hydrogen) atoms. The van der Waals surface area contributed by atoms with Gasteiger partial charge >= 0.3 is 0 Å². The third-order valence-corrected chi connectivity index (χ3v) is 12.6. The summed E-state index contributed by atoms with van der Waals surface area (Å²) in [4.78, 5) is 16.3. The lowest BCUT2D eigenvalue weighted by molar-refractivity contribution is -0.141. The number of hydrogen-bond donors (Lipinski definition) is 2. The lowest BCUT2D eigenvalue weighted by atomic mass is 9.83. The Morgan fingerprint density at radius 1 is 0.842 bits per heavy atom. The smallest absolute Gasteiger partial charge is 0.248 e. The molecule has 218 valence electrons. The maximum absolute atomic E-state index is 14.0. The van der Waals surface area contributed by atoms with E-state index in [4.69, 9.17) is 4.74 Å².